The molecule has 0 spiro atoms. The van der Waals surface area contributed by atoms with Crippen LogP contribution in [0.4, 0.5) is 0 Å². The lowest BCUT2D eigenvalue weighted by Gasteiger charge is -2.31. The number of amides is 4. The predicted molar refractivity (Wildman–Crippen MR) is 103 cm³/mol. The molecule has 2 saturated heterocycles. The Balaban J connectivity index is 1.93. The van der Waals surface area contributed by atoms with Crippen LogP contribution in [0.2, 0.25) is 0 Å². The Morgan fingerprint density at radius 3 is 2.27 bits per heavy atom. The number of rotatable bonds is 8. The minimum absolute atomic E-state index is 0.336. The van der Waals surface area contributed by atoms with E-state index in [0.717, 1.165) is 0 Å². The molecule has 0 bridgehead atoms. The van der Waals surface area contributed by atoms with Crippen molar-refractivity contribution in [3.05, 3.63) is 0 Å². The van der Waals surface area contributed by atoms with E-state index in [1.807, 2.05) is 0 Å². The molecule has 2 fully saturated rings. The Morgan fingerprint density at radius 1 is 1.07 bits per heavy atom. The maximum absolute atomic E-state index is 12.9. The van der Waals surface area contributed by atoms with Gasteiger partial charge in [-0.1, -0.05) is 0 Å². The highest BCUT2D eigenvalue weighted by Crippen LogP contribution is 2.25. The molecule has 0 aliphatic carbocycles. The van der Waals surface area contributed by atoms with Crippen LogP contribution in [-0.2, 0) is 24.0 Å². The molecule has 12 nitrogen and oxygen atoms in total. The minimum atomic E-state index is -1.14. The highest BCUT2D eigenvalue weighted by atomic mass is 16.4. The molecule has 2 aliphatic heterocycles. The van der Waals surface area contributed by atoms with E-state index in [1.54, 1.807) is 0 Å². The van der Waals surface area contributed by atoms with Crippen LogP contribution < -0.4 is 16.4 Å². The van der Waals surface area contributed by atoms with E-state index in [9.17, 15) is 29.1 Å². The molecule has 0 aromatic heterocycles. The van der Waals surface area contributed by atoms with Crippen LogP contribution in [0.5, 0.6) is 0 Å². The molecule has 30 heavy (non-hydrogen) atoms. The Hall–Kier alpha value is -2.73. The van der Waals surface area contributed by atoms with E-state index in [2.05, 4.69) is 10.6 Å². The standard InChI is InChI=1S/C18H29N5O7/c1-10(21-14(25)8-20-15(26)11(19)9-24)16(27)22-6-2-4-12(22)17(28)23-7-3-5-13(23)18(29)30/h10-13,24H,2-9,19H2,1H3,(H,20,26)(H,21,25)(H,29,30)/t10-,11-,12-,13-/m0/s1. The van der Waals surface area contributed by atoms with Crippen molar-refractivity contribution in [2.75, 3.05) is 26.2 Å². The first-order valence-corrected chi connectivity index (χ1v) is 9.94. The second kappa shape index (κ2) is 10.3. The average Bonchev–Trinajstić information content (AvgIpc) is 3.39. The van der Waals surface area contributed by atoms with E-state index in [0.29, 0.717) is 38.8 Å². The van der Waals surface area contributed by atoms with Crippen molar-refractivity contribution < 1.29 is 34.2 Å². The number of carboxylic acids is 1. The van der Waals surface area contributed by atoms with Crippen LogP contribution in [0.15, 0.2) is 0 Å². The number of nitrogens with two attached hydrogens (primary N) is 1. The Labute approximate surface area is 173 Å². The van der Waals surface area contributed by atoms with Gasteiger partial charge in [0.15, 0.2) is 0 Å². The Bertz CT molecular complexity index is 700. The number of carboxylic acid groups (broad SMARTS) is 1. The lowest BCUT2D eigenvalue weighted by atomic mass is 10.1. The lowest BCUT2D eigenvalue weighted by molar-refractivity contribution is -0.152. The van der Waals surface area contributed by atoms with Gasteiger partial charge in [-0.05, 0) is 32.6 Å². The van der Waals surface area contributed by atoms with Gasteiger partial charge in [0, 0.05) is 13.1 Å². The van der Waals surface area contributed by atoms with Gasteiger partial charge in [-0.25, -0.2) is 4.79 Å². The number of aliphatic hydroxyl groups is 1. The fourth-order valence-electron chi connectivity index (χ4n) is 3.75. The third kappa shape index (κ3) is 5.45. The first-order valence-electron chi connectivity index (χ1n) is 9.94. The topological polar surface area (TPSA) is 182 Å². The molecule has 2 rings (SSSR count). The van der Waals surface area contributed by atoms with Crippen molar-refractivity contribution in [2.24, 2.45) is 5.73 Å². The van der Waals surface area contributed by atoms with Gasteiger partial charge < -0.3 is 36.4 Å². The van der Waals surface area contributed by atoms with Crippen molar-refractivity contribution in [2.45, 2.75) is 56.8 Å². The molecule has 4 amide bonds. The summed E-state index contributed by atoms with van der Waals surface area (Å²) in [5.41, 5.74) is 5.33. The van der Waals surface area contributed by atoms with Crippen LogP contribution in [0.1, 0.15) is 32.6 Å². The van der Waals surface area contributed by atoms with Gasteiger partial charge in [0.05, 0.1) is 13.2 Å². The van der Waals surface area contributed by atoms with Crippen LogP contribution in [0.3, 0.4) is 0 Å². The number of aliphatic carboxylic acids is 1. The van der Waals surface area contributed by atoms with Crippen molar-refractivity contribution >= 4 is 29.6 Å². The summed E-state index contributed by atoms with van der Waals surface area (Å²) < 4.78 is 0. The van der Waals surface area contributed by atoms with Crippen LogP contribution in [0.25, 0.3) is 0 Å². The third-order valence-corrected chi connectivity index (χ3v) is 5.35. The molecular weight excluding hydrogens is 398 g/mol. The van der Waals surface area contributed by atoms with E-state index >= 15 is 0 Å². The molecule has 2 aliphatic rings. The molecule has 12 heteroatoms. The monoisotopic (exact) mass is 427 g/mol. The molecule has 2 heterocycles. The summed E-state index contributed by atoms with van der Waals surface area (Å²) in [6.45, 7) is 1.17. The normalized spacial score (nSPS) is 23.0. The molecule has 0 aromatic carbocycles. The summed E-state index contributed by atoms with van der Waals surface area (Å²) in [5, 5.41) is 22.8. The van der Waals surface area contributed by atoms with Gasteiger partial charge in [0.1, 0.15) is 24.2 Å². The second-order valence-electron chi connectivity index (χ2n) is 7.51. The van der Waals surface area contributed by atoms with E-state index in [4.69, 9.17) is 10.8 Å². The maximum Gasteiger partial charge on any atom is 0.326 e. The van der Waals surface area contributed by atoms with Gasteiger partial charge >= 0.3 is 5.97 Å². The summed E-state index contributed by atoms with van der Waals surface area (Å²) in [4.78, 5) is 63.3. The summed E-state index contributed by atoms with van der Waals surface area (Å²) >= 11 is 0. The SMILES string of the molecule is C[C@H](NC(=O)CNC(=O)[C@@H](N)CO)C(=O)N1CCC[C@H]1C(=O)N1CCC[C@H]1C(=O)O. The fourth-order valence-corrected chi connectivity index (χ4v) is 3.75. The summed E-state index contributed by atoms with van der Waals surface area (Å²) in [6.07, 6.45) is 2.02. The number of nitrogens with one attached hydrogen (secondary N) is 2. The van der Waals surface area contributed by atoms with Crippen molar-refractivity contribution in [1.82, 2.24) is 20.4 Å². The van der Waals surface area contributed by atoms with E-state index in [1.165, 1.54) is 16.7 Å². The molecule has 0 aromatic rings. The van der Waals surface area contributed by atoms with Gasteiger partial charge in [-0.3, -0.25) is 19.2 Å². The van der Waals surface area contributed by atoms with Gasteiger partial charge in [-0.2, -0.15) is 0 Å². The molecule has 168 valence electrons. The lowest BCUT2D eigenvalue weighted by Crippen LogP contribution is -2.55. The quantitative estimate of drug-likeness (QED) is 0.271. The summed E-state index contributed by atoms with van der Waals surface area (Å²) in [7, 11) is 0. The molecule has 0 unspecified atom stereocenters. The van der Waals surface area contributed by atoms with E-state index < -0.39 is 61.0 Å². The average molecular weight is 427 g/mol. The van der Waals surface area contributed by atoms with Crippen LogP contribution in [0, 0.1) is 0 Å². The van der Waals surface area contributed by atoms with Crippen LogP contribution in [-0.4, -0.2) is 100 Å². The summed E-state index contributed by atoms with van der Waals surface area (Å²) in [5.74, 6) is -3.21. The largest absolute Gasteiger partial charge is 0.480 e. The molecule has 6 N–H and O–H groups in total. The number of hydrogen-bond acceptors (Lipinski definition) is 7. The summed E-state index contributed by atoms with van der Waals surface area (Å²) in [6, 6.07) is -3.71. The number of nitrogens with zero attached hydrogens (tertiary/aromatic N) is 2. The molecule has 0 saturated carbocycles. The molecule has 4 atom stereocenters. The predicted octanol–water partition coefficient (Wildman–Crippen LogP) is -3.01. The fraction of sp³-hybridized carbons (Fsp3) is 0.722. The number of carbonyl (C=O) groups is 5. The highest BCUT2D eigenvalue weighted by Gasteiger charge is 2.42. The number of aliphatic hydroxyl groups excluding tert-OH is 1. The van der Waals surface area contributed by atoms with Crippen molar-refractivity contribution in [1.29, 1.82) is 0 Å². The number of hydrogen-bond donors (Lipinski definition) is 5. The molecular formula is C18H29N5O7. The maximum atomic E-state index is 12.9. The number of carbonyl (C=O) groups excluding carboxylic acids is 4. The minimum Gasteiger partial charge on any atom is -0.480 e. The number of likely N-dealkylation sites (tertiary alicyclic amines) is 2. The first kappa shape index (κ1) is 23.5. The van der Waals surface area contributed by atoms with Gasteiger partial charge in [0.2, 0.25) is 23.6 Å². The van der Waals surface area contributed by atoms with Gasteiger partial charge in [0.25, 0.3) is 0 Å². The van der Waals surface area contributed by atoms with Crippen LogP contribution >= 0.6 is 0 Å². The van der Waals surface area contributed by atoms with Crippen molar-refractivity contribution in [3.63, 3.8) is 0 Å². The Morgan fingerprint density at radius 2 is 1.67 bits per heavy atom. The second-order valence-corrected chi connectivity index (χ2v) is 7.51. The zero-order valence-electron chi connectivity index (χ0n) is 16.9. The first-order chi connectivity index (χ1) is 14.2. The highest BCUT2D eigenvalue weighted by molar-refractivity contribution is 5.94. The van der Waals surface area contributed by atoms with Gasteiger partial charge in [-0.15, -0.1) is 0 Å². The van der Waals surface area contributed by atoms with E-state index in [-0.39, 0.29) is 5.91 Å². The Kier molecular flexibility index (Phi) is 8.12. The van der Waals surface area contributed by atoms with Crippen molar-refractivity contribution in [3.8, 4) is 0 Å². The zero-order valence-corrected chi connectivity index (χ0v) is 16.9. The third-order valence-electron chi connectivity index (χ3n) is 5.35. The smallest absolute Gasteiger partial charge is 0.326 e. The molecule has 0 radical (unpaired) electrons. The zero-order chi connectivity index (χ0) is 22.4.